The summed E-state index contributed by atoms with van der Waals surface area (Å²) < 4.78 is 0. The fraction of sp³-hybridized carbons (Fsp3) is 0.583. The monoisotopic (exact) mass is 240 g/mol. The van der Waals surface area contributed by atoms with Crippen LogP contribution in [0.3, 0.4) is 0 Å². The lowest BCUT2D eigenvalue weighted by molar-refractivity contribution is -0.128. The molecule has 0 unspecified atom stereocenters. The van der Waals surface area contributed by atoms with Crippen LogP contribution in [0.5, 0.6) is 0 Å². The molecule has 1 N–H and O–H groups in total. The maximum Gasteiger partial charge on any atom is 0.222 e. The van der Waals surface area contributed by atoms with Gasteiger partial charge >= 0.3 is 0 Å². The molecule has 1 aromatic heterocycles. The van der Waals surface area contributed by atoms with Gasteiger partial charge in [-0.25, -0.2) is 0 Å². The SMILES string of the molecule is C[C@@H](NCCCC(=O)N(C)C)c1cccs1. The van der Waals surface area contributed by atoms with Crippen molar-refractivity contribution < 1.29 is 4.79 Å². The number of carbonyl (C=O) groups excluding carboxylic acids is 1. The standard InChI is InChI=1S/C12H20N2OS/c1-10(11-6-5-9-16-11)13-8-4-7-12(15)14(2)3/h5-6,9-10,13H,4,7-8H2,1-3H3/t10-/m1/s1. The lowest BCUT2D eigenvalue weighted by atomic mass is 10.2. The van der Waals surface area contributed by atoms with Crippen molar-refractivity contribution in [2.45, 2.75) is 25.8 Å². The fourth-order valence-corrected chi connectivity index (χ4v) is 2.18. The van der Waals surface area contributed by atoms with Crippen molar-refractivity contribution >= 4 is 17.2 Å². The fourth-order valence-electron chi connectivity index (χ4n) is 1.42. The molecule has 0 aliphatic carbocycles. The van der Waals surface area contributed by atoms with Crippen LogP contribution >= 0.6 is 11.3 Å². The molecule has 4 heteroatoms. The minimum atomic E-state index is 0.200. The Morgan fingerprint density at radius 2 is 2.31 bits per heavy atom. The van der Waals surface area contributed by atoms with Crippen LogP contribution < -0.4 is 5.32 Å². The van der Waals surface area contributed by atoms with E-state index < -0.39 is 0 Å². The second-order valence-electron chi connectivity index (χ2n) is 4.08. The van der Waals surface area contributed by atoms with E-state index in [0.717, 1.165) is 13.0 Å². The summed E-state index contributed by atoms with van der Waals surface area (Å²) in [6.45, 7) is 3.04. The van der Waals surface area contributed by atoms with Crippen LogP contribution in [0.1, 0.15) is 30.7 Å². The molecule has 1 atom stereocenters. The van der Waals surface area contributed by atoms with Crippen molar-refractivity contribution in [2.24, 2.45) is 0 Å². The number of rotatable bonds is 6. The molecule has 3 nitrogen and oxygen atoms in total. The number of hydrogen-bond acceptors (Lipinski definition) is 3. The predicted molar refractivity (Wildman–Crippen MR) is 68.7 cm³/mol. The Morgan fingerprint density at radius 3 is 2.88 bits per heavy atom. The molecule has 1 amide bonds. The van der Waals surface area contributed by atoms with Gasteiger partial charge in [0, 0.05) is 31.4 Å². The molecule has 1 rings (SSSR count). The lowest BCUT2D eigenvalue weighted by Crippen LogP contribution is -2.24. The molecule has 0 saturated carbocycles. The summed E-state index contributed by atoms with van der Waals surface area (Å²) in [5.41, 5.74) is 0. The number of hydrogen-bond donors (Lipinski definition) is 1. The number of nitrogens with one attached hydrogen (secondary N) is 1. The van der Waals surface area contributed by atoms with Gasteiger partial charge in [0.1, 0.15) is 0 Å². The van der Waals surface area contributed by atoms with E-state index in [1.54, 1.807) is 30.3 Å². The second-order valence-corrected chi connectivity index (χ2v) is 5.06. The molecule has 90 valence electrons. The van der Waals surface area contributed by atoms with Gasteiger partial charge in [-0.1, -0.05) is 6.07 Å². The molecule has 0 aromatic carbocycles. The molecule has 0 bridgehead atoms. The van der Waals surface area contributed by atoms with Gasteiger partial charge in [-0.15, -0.1) is 11.3 Å². The third-order valence-electron chi connectivity index (χ3n) is 2.49. The number of thiophene rings is 1. The Morgan fingerprint density at radius 1 is 1.56 bits per heavy atom. The average molecular weight is 240 g/mol. The third kappa shape index (κ3) is 4.33. The smallest absolute Gasteiger partial charge is 0.222 e. The first-order chi connectivity index (χ1) is 7.61. The predicted octanol–water partition coefficient (Wildman–Crippen LogP) is 2.27. The first-order valence-corrected chi connectivity index (χ1v) is 6.46. The average Bonchev–Trinajstić information content (AvgIpc) is 2.76. The van der Waals surface area contributed by atoms with Crippen LogP contribution in [0.25, 0.3) is 0 Å². The van der Waals surface area contributed by atoms with E-state index in [-0.39, 0.29) is 5.91 Å². The van der Waals surface area contributed by atoms with E-state index >= 15 is 0 Å². The Kier molecular flexibility index (Phi) is 5.49. The van der Waals surface area contributed by atoms with Gasteiger partial charge in [0.25, 0.3) is 0 Å². The Hall–Kier alpha value is -0.870. The molecule has 16 heavy (non-hydrogen) atoms. The van der Waals surface area contributed by atoms with Crippen molar-refractivity contribution in [3.63, 3.8) is 0 Å². The van der Waals surface area contributed by atoms with Crippen molar-refractivity contribution in [1.29, 1.82) is 0 Å². The van der Waals surface area contributed by atoms with E-state index in [1.807, 2.05) is 0 Å². The molecule has 1 heterocycles. The number of nitrogens with zero attached hydrogens (tertiary/aromatic N) is 1. The van der Waals surface area contributed by atoms with Crippen LogP contribution in [0.4, 0.5) is 0 Å². The van der Waals surface area contributed by atoms with E-state index in [4.69, 9.17) is 0 Å². The van der Waals surface area contributed by atoms with Crippen molar-refractivity contribution in [1.82, 2.24) is 10.2 Å². The highest BCUT2D eigenvalue weighted by atomic mass is 32.1. The third-order valence-corrected chi connectivity index (χ3v) is 3.54. The van der Waals surface area contributed by atoms with E-state index in [0.29, 0.717) is 12.5 Å². The zero-order chi connectivity index (χ0) is 12.0. The maximum absolute atomic E-state index is 11.3. The molecular formula is C12H20N2OS. The quantitative estimate of drug-likeness (QED) is 0.774. The van der Waals surface area contributed by atoms with Crippen molar-refractivity contribution in [3.8, 4) is 0 Å². The van der Waals surface area contributed by atoms with Crippen molar-refractivity contribution in [3.05, 3.63) is 22.4 Å². The number of carbonyl (C=O) groups is 1. The molecule has 0 aliphatic rings. The molecule has 0 radical (unpaired) electrons. The van der Waals surface area contributed by atoms with E-state index in [2.05, 4.69) is 29.8 Å². The highest BCUT2D eigenvalue weighted by Gasteiger charge is 2.06. The Bertz CT molecular complexity index is 309. The minimum Gasteiger partial charge on any atom is -0.349 e. The topological polar surface area (TPSA) is 32.3 Å². The Labute approximate surface area is 101 Å². The molecule has 0 fully saturated rings. The van der Waals surface area contributed by atoms with Crippen LogP contribution in [-0.4, -0.2) is 31.4 Å². The summed E-state index contributed by atoms with van der Waals surface area (Å²) in [7, 11) is 3.59. The van der Waals surface area contributed by atoms with Gasteiger partial charge < -0.3 is 10.2 Å². The summed E-state index contributed by atoms with van der Waals surface area (Å²) in [6, 6.07) is 4.58. The van der Waals surface area contributed by atoms with Crippen LogP contribution in [-0.2, 0) is 4.79 Å². The van der Waals surface area contributed by atoms with Crippen LogP contribution in [0.15, 0.2) is 17.5 Å². The van der Waals surface area contributed by atoms with Gasteiger partial charge in [-0.2, -0.15) is 0 Å². The van der Waals surface area contributed by atoms with Gasteiger partial charge in [0.05, 0.1) is 0 Å². The summed E-state index contributed by atoms with van der Waals surface area (Å²) in [5.74, 6) is 0.200. The van der Waals surface area contributed by atoms with Crippen LogP contribution in [0.2, 0.25) is 0 Å². The highest BCUT2D eigenvalue weighted by molar-refractivity contribution is 7.10. The second kappa shape index (κ2) is 6.66. The van der Waals surface area contributed by atoms with Gasteiger partial charge in [0.15, 0.2) is 0 Å². The minimum absolute atomic E-state index is 0.200. The van der Waals surface area contributed by atoms with E-state index in [9.17, 15) is 4.79 Å². The van der Waals surface area contributed by atoms with Gasteiger partial charge in [0.2, 0.25) is 5.91 Å². The zero-order valence-corrected chi connectivity index (χ0v) is 11.0. The van der Waals surface area contributed by atoms with Crippen molar-refractivity contribution in [2.75, 3.05) is 20.6 Å². The van der Waals surface area contributed by atoms with Gasteiger partial charge in [-0.3, -0.25) is 4.79 Å². The summed E-state index contributed by atoms with van der Waals surface area (Å²) in [5, 5.41) is 5.51. The Balaban J connectivity index is 2.14. The molecular weight excluding hydrogens is 220 g/mol. The molecule has 0 aliphatic heterocycles. The summed E-state index contributed by atoms with van der Waals surface area (Å²) >= 11 is 1.76. The highest BCUT2D eigenvalue weighted by Crippen LogP contribution is 2.17. The lowest BCUT2D eigenvalue weighted by Gasteiger charge is -2.13. The normalized spacial score (nSPS) is 12.4. The first-order valence-electron chi connectivity index (χ1n) is 5.58. The maximum atomic E-state index is 11.3. The zero-order valence-electron chi connectivity index (χ0n) is 10.2. The van der Waals surface area contributed by atoms with Crippen LogP contribution in [0, 0.1) is 0 Å². The largest absolute Gasteiger partial charge is 0.349 e. The first kappa shape index (κ1) is 13.2. The molecule has 0 spiro atoms. The van der Waals surface area contributed by atoms with E-state index in [1.165, 1.54) is 4.88 Å². The summed E-state index contributed by atoms with van der Waals surface area (Å²) in [6.07, 6.45) is 1.52. The number of amides is 1. The molecule has 1 aromatic rings. The van der Waals surface area contributed by atoms with Gasteiger partial charge in [-0.05, 0) is 31.3 Å². The summed E-state index contributed by atoms with van der Waals surface area (Å²) in [4.78, 5) is 14.3. The molecule has 0 saturated heterocycles.